The van der Waals surface area contributed by atoms with E-state index in [4.69, 9.17) is 0 Å². The van der Waals surface area contributed by atoms with Gasteiger partial charge in [0, 0.05) is 85.3 Å². The third kappa shape index (κ3) is 11.1. The van der Waals surface area contributed by atoms with E-state index >= 15 is 0 Å². The van der Waals surface area contributed by atoms with Gasteiger partial charge in [-0.3, -0.25) is 0 Å². The first-order valence-electron chi connectivity index (χ1n) is 40.6. The van der Waals surface area contributed by atoms with E-state index < -0.39 is 5.41 Å². The van der Waals surface area contributed by atoms with E-state index in [9.17, 15) is 0 Å². The third-order valence-electron chi connectivity index (χ3n) is 25.0. The normalized spacial score (nSPS) is 13.3. The standard InChI is InChI=1S/C111H81BN2S2/c1-109(2,3)82-62-87(72-37-17-9-18-38-72)107(88(63-82)73-39-19-10-20-40-73)113-98-66-92-85-50-26-29-53-102(85)115-104(92)68-96(98)112-97-69-105-93(86-51-27-30-54-103(86)116-105)67-99(97)114(101-61-79(60-100(113)106(101)112)76-55-56-95-91(59-76)84-49-25-28-52-94(84)111(95,80-45-21-11-22-46-80)81-47-23-12-24-48-81)108-89(77-43-31-41-74(57-77)70-33-13-7-14-34-70)64-83(110(4,5)6)65-90(108)78-44-32-42-75(58-78)71-35-15-8-16-36-71/h7-69H,1-6H3. The summed E-state index contributed by atoms with van der Waals surface area (Å²) in [6.07, 6.45) is 0. The Labute approximate surface area is 687 Å². The maximum Gasteiger partial charge on any atom is 0.252 e. The van der Waals surface area contributed by atoms with Gasteiger partial charge in [0.25, 0.3) is 6.71 Å². The first-order valence-corrected chi connectivity index (χ1v) is 42.3. The molecule has 19 aromatic rings. The van der Waals surface area contributed by atoms with Crippen molar-refractivity contribution in [3.05, 3.63) is 416 Å². The molecule has 0 radical (unpaired) electrons. The minimum Gasteiger partial charge on any atom is -0.310 e. The molecule has 0 bridgehead atoms. The van der Waals surface area contributed by atoms with E-state index in [2.05, 4.69) is 434 Å². The molecule has 0 N–H and O–H groups in total. The second-order valence-electron chi connectivity index (χ2n) is 33.8. The molecular formula is C111H81BN2S2. The topological polar surface area (TPSA) is 6.48 Å². The molecule has 2 aromatic heterocycles. The third-order valence-corrected chi connectivity index (χ3v) is 27.3. The smallest absolute Gasteiger partial charge is 0.252 e. The van der Waals surface area contributed by atoms with Crippen LogP contribution in [0.25, 0.3) is 129 Å². The van der Waals surface area contributed by atoms with Crippen LogP contribution in [0.4, 0.5) is 34.1 Å². The number of thiophene rings is 2. The van der Waals surface area contributed by atoms with E-state index in [0.717, 1.165) is 84.1 Å². The molecule has 5 heteroatoms. The van der Waals surface area contributed by atoms with Gasteiger partial charge in [-0.2, -0.15) is 0 Å². The van der Waals surface area contributed by atoms with Gasteiger partial charge < -0.3 is 9.80 Å². The molecule has 4 heterocycles. The maximum absolute atomic E-state index is 2.79. The van der Waals surface area contributed by atoms with Crippen LogP contribution in [0.5, 0.6) is 0 Å². The van der Waals surface area contributed by atoms with Gasteiger partial charge in [0.2, 0.25) is 0 Å². The van der Waals surface area contributed by atoms with Crippen LogP contribution >= 0.6 is 22.7 Å². The van der Waals surface area contributed by atoms with Crippen LogP contribution in [0.15, 0.2) is 382 Å². The molecule has 116 heavy (non-hydrogen) atoms. The number of hydrogen-bond acceptors (Lipinski definition) is 4. The lowest BCUT2D eigenvalue weighted by molar-refractivity contribution is 0.590. The van der Waals surface area contributed by atoms with Gasteiger partial charge in [-0.15, -0.1) is 22.7 Å². The second kappa shape index (κ2) is 27.0. The van der Waals surface area contributed by atoms with Crippen molar-refractivity contribution in [3.8, 4) is 89.0 Å². The first kappa shape index (κ1) is 69.6. The van der Waals surface area contributed by atoms with Crippen LogP contribution in [0, 0.1) is 0 Å². The fourth-order valence-electron chi connectivity index (χ4n) is 19.4. The summed E-state index contributed by atoms with van der Waals surface area (Å²) in [5, 5.41) is 5.02. The first-order chi connectivity index (χ1) is 56.8. The molecular weight excluding hydrogens is 1440 g/mol. The molecule has 0 unspecified atom stereocenters. The summed E-state index contributed by atoms with van der Waals surface area (Å²) >= 11 is 3.82. The summed E-state index contributed by atoms with van der Waals surface area (Å²) in [4.78, 5) is 5.56. The van der Waals surface area contributed by atoms with Crippen molar-refractivity contribution in [2.75, 3.05) is 9.80 Å². The quantitative estimate of drug-likeness (QED) is 0.119. The molecule has 3 aliphatic rings. The summed E-state index contributed by atoms with van der Waals surface area (Å²) in [6, 6.07) is 147. The van der Waals surface area contributed by atoms with Gasteiger partial charge >= 0.3 is 0 Å². The van der Waals surface area contributed by atoms with Crippen molar-refractivity contribution in [2.24, 2.45) is 0 Å². The molecule has 1 aliphatic carbocycles. The lowest BCUT2D eigenvalue weighted by Crippen LogP contribution is -2.61. The summed E-state index contributed by atoms with van der Waals surface area (Å²) < 4.78 is 5.08. The van der Waals surface area contributed by atoms with Crippen LogP contribution < -0.4 is 26.2 Å². The highest BCUT2D eigenvalue weighted by Gasteiger charge is 2.49. The molecule has 2 aliphatic heterocycles. The minimum absolute atomic E-state index is 0.219. The molecule has 17 aromatic carbocycles. The van der Waals surface area contributed by atoms with Crippen molar-refractivity contribution >= 4 is 120 Å². The summed E-state index contributed by atoms with van der Waals surface area (Å²) in [7, 11) is 0. The molecule has 0 saturated heterocycles. The van der Waals surface area contributed by atoms with Crippen LogP contribution in [-0.4, -0.2) is 6.71 Å². The SMILES string of the molecule is CC(C)(C)c1cc(-c2ccccc2)c(N2c3cc4c(cc3B3c5cc6sc7ccccc7c6cc5N(c5c(-c6cccc(-c7ccccc7)c6)cc(C(C)(C)C)cc5-c5cccc(-c6ccccc6)c5)c5cc(-c6ccc7c(c6)-c6ccccc6C7(c6ccccc6)c6ccccc6)cc2c53)sc2ccccc24)c(-c2ccccc2)c1. The van der Waals surface area contributed by atoms with Crippen LogP contribution in [0.1, 0.15) is 74.9 Å². The van der Waals surface area contributed by atoms with Crippen molar-refractivity contribution in [1.82, 2.24) is 0 Å². The Morgan fingerprint density at radius 3 is 1.05 bits per heavy atom. The molecule has 2 nitrogen and oxygen atoms in total. The Morgan fingerprint density at radius 1 is 0.241 bits per heavy atom. The average Bonchev–Trinajstić information content (AvgIpc) is 0.880. The van der Waals surface area contributed by atoms with Gasteiger partial charge in [0.15, 0.2) is 0 Å². The number of rotatable bonds is 11. The Bertz CT molecular complexity index is 6950. The average molecular weight is 1520 g/mol. The Hall–Kier alpha value is -13.2. The number of hydrogen-bond donors (Lipinski definition) is 0. The highest BCUT2D eigenvalue weighted by molar-refractivity contribution is 7.26. The van der Waals surface area contributed by atoms with Crippen LogP contribution in [0.2, 0.25) is 0 Å². The molecule has 0 amide bonds. The van der Waals surface area contributed by atoms with E-state index in [1.54, 1.807) is 0 Å². The number of nitrogens with zero attached hydrogens (tertiary/aromatic N) is 2. The number of anilines is 6. The van der Waals surface area contributed by atoms with Crippen molar-refractivity contribution in [3.63, 3.8) is 0 Å². The summed E-state index contributed by atoms with van der Waals surface area (Å²) in [5.41, 5.74) is 35.7. The van der Waals surface area contributed by atoms with Crippen LogP contribution in [-0.2, 0) is 16.2 Å². The Kier molecular flexibility index (Phi) is 16.2. The fourth-order valence-corrected chi connectivity index (χ4v) is 21.7. The molecule has 0 atom stereocenters. The van der Waals surface area contributed by atoms with Gasteiger partial charge in [0.05, 0.1) is 16.8 Å². The maximum atomic E-state index is 2.79. The lowest BCUT2D eigenvalue weighted by atomic mass is 9.33. The van der Waals surface area contributed by atoms with Gasteiger partial charge in [-0.1, -0.05) is 333 Å². The van der Waals surface area contributed by atoms with E-state index in [1.807, 2.05) is 22.7 Å². The van der Waals surface area contributed by atoms with Crippen molar-refractivity contribution < 1.29 is 0 Å². The molecule has 0 saturated carbocycles. The largest absolute Gasteiger partial charge is 0.310 e. The van der Waals surface area contributed by atoms with Gasteiger partial charge in [0.1, 0.15) is 0 Å². The van der Waals surface area contributed by atoms with E-state index in [1.165, 1.54) is 129 Å². The van der Waals surface area contributed by atoms with Crippen LogP contribution in [0.3, 0.4) is 0 Å². The fraction of sp³-hybridized carbons (Fsp3) is 0.0811. The van der Waals surface area contributed by atoms with E-state index in [0.29, 0.717) is 0 Å². The molecule has 550 valence electrons. The molecule has 0 fully saturated rings. The van der Waals surface area contributed by atoms with Crippen molar-refractivity contribution in [2.45, 2.75) is 57.8 Å². The number of benzene rings is 17. The van der Waals surface area contributed by atoms with Crippen molar-refractivity contribution in [1.29, 1.82) is 0 Å². The van der Waals surface area contributed by atoms with Gasteiger partial charge in [-0.25, -0.2) is 0 Å². The summed E-state index contributed by atoms with van der Waals surface area (Å²) in [6.45, 7) is 14.0. The molecule has 0 spiro atoms. The van der Waals surface area contributed by atoms with E-state index in [-0.39, 0.29) is 17.5 Å². The van der Waals surface area contributed by atoms with Gasteiger partial charge in [-0.05, 0) is 218 Å². The minimum atomic E-state index is -0.597. The lowest BCUT2D eigenvalue weighted by Gasteiger charge is -2.46. The predicted molar refractivity (Wildman–Crippen MR) is 499 cm³/mol. The zero-order valence-electron chi connectivity index (χ0n) is 65.7. The Balaban J connectivity index is 0.942. The highest BCUT2D eigenvalue weighted by atomic mass is 32.1. The monoisotopic (exact) mass is 1520 g/mol. The predicted octanol–water partition coefficient (Wildman–Crippen LogP) is 29.1. The molecule has 22 rings (SSSR count). The number of fused-ring (bicyclic) bond motifs is 13. The zero-order valence-corrected chi connectivity index (χ0v) is 67.3. The second-order valence-corrected chi connectivity index (χ2v) is 36.0. The zero-order chi connectivity index (χ0) is 77.7. The summed E-state index contributed by atoms with van der Waals surface area (Å²) in [5.74, 6) is 0. The Morgan fingerprint density at radius 2 is 0.603 bits per heavy atom. The highest BCUT2D eigenvalue weighted by Crippen LogP contribution is 2.60.